The number of anilines is 4. The molecule has 0 aliphatic heterocycles. The maximum atomic E-state index is 4.63. The van der Waals surface area contributed by atoms with Gasteiger partial charge in [0.15, 0.2) is 0 Å². The van der Waals surface area contributed by atoms with Crippen LogP contribution in [0.1, 0.15) is 0 Å². The van der Waals surface area contributed by atoms with E-state index in [1.807, 2.05) is 72.8 Å². The van der Waals surface area contributed by atoms with Crippen molar-refractivity contribution in [2.45, 2.75) is 0 Å². The summed E-state index contributed by atoms with van der Waals surface area (Å²) < 4.78 is 0. The first-order valence-electron chi connectivity index (χ1n) is 8.17. The molecule has 0 saturated heterocycles. The molecule has 6 nitrogen and oxygen atoms in total. The molecular formula is C20H16N6Pt. The van der Waals surface area contributed by atoms with Crippen molar-refractivity contribution in [1.29, 1.82) is 0 Å². The van der Waals surface area contributed by atoms with Crippen molar-refractivity contribution in [2.24, 2.45) is 0 Å². The van der Waals surface area contributed by atoms with E-state index >= 15 is 0 Å². The molecule has 0 fully saturated rings. The zero-order chi connectivity index (χ0) is 17.6. The number of hydrogen-bond donors (Lipinski definition) is 2. The van der Waals surface area contributed by atoms with E-state index in [-0.39, 0.29) is 21.1 Å². The van der Waals surface area contributed by atoms with Gasteiger partial charge in [-0.3, -0.25) is 0 Å². The molecule has 4 heterocycles. The van der Waals surface area contributed by atoms with E-state index in [1.165, 1.54) is 0 Å². The molecule has 4 aromatic rings. The fraction of sp³-hybridized carbons (Fsp3) is 0. The molecule has 0 spiro atoms. The largest absolute Gasteiger partial charge is 0.325 e. The molecule has 27 heavy (non-hydrogen) atoms. The van der Waals surface area contributed by atoms with Gasteiger partial charge < -0.3 is 10.6 Å². The number of hydrogen-bond acceptors (Lipinski definition) is 6. The van der Waals surface area contributed by atoms with Crippen LogP contribution >= 0.6 is 0 Å². The second-order valence-electron chi connectivity index (χ2n) is 5.50. The second kappa shape index (κ2) is 9.01. The average molecular weight is 535 g/mol. The van der Waals surface area contributed by atoms with Crippen molar-refractivity contribution in [3.8, 4) is 11.4 Å². The van der Waals surface area contributed by atoms with Crippen molar-refractivity contribution in [2.75, 3.05) is 10.6 Å². The molecule has 0 atom stereocenters. The Morgan fingerprint density at radius 2 is 0.926 bits per heavy atom. The van der Waals surface area contributed by atoms with Gasteiger partial charge in [0.25, 0.3) is 0 Å². The summed E-state index contributed by atoms with van der Waals surface area (Å²) in [5.41, 5.74) is 1.55. The van der Waals surface area contributed by atoms with Gasteiger partial charge in [-0.15, -0.1) is 0 Å². The third-order valence-corrected chi connectivity index (χ3v) is 3.60. The predicted molar refractivity (Wildman–Crippen MR) is 103 cm³/mol. The third kappa shape index (κ3) is 4.96. The van der Waals surface area contributed by atoms with Crippen LogP contribution in [0.4, 0.5) is 23.3 Å². The molecule has 0 bridgehead atoms. The van der Waals surface area contributed by atoms with Gasteiger partial charge in [0, 0.05) is 33.5 Å². The van der Waals surface area contributed by atoms with E-state index in [9.17, 15) is 0 Å². The summed E-state index contributed by atoms with van der Waals surface area (Å²) >= 11 is 0. The van der Waals surface area contributed by atoms with Crippen LogP contribution in [0, 0.1) is 0 Å². The van der Waals surface area contributed by atoms with E-state index < -0.39 is 0 Å². The third-order valence-electron chi connectivity index (χ3n) is 3.60. The second-order valence-corrected chi connectivity index (χ2v) is 5.50. The van der Waals surface area contributed by atoms with Crippen molar-refractivity contribution >= 4 is 23.3 Å². The first-order valence-corrected chi connectivity index (χ1v) is 8.17. The number of nitrogens with zero attached hydrogens (tertiary/aromatic N) is 4. The molecule has 0 amide bonds. The van der Waals surface area contributed by atoms with Crippen LogP contribution in [-0.4, -0.2) is 19.9 Å². The first kappa shape index (κ1) is 18.7. The van der Waals surface area contributed by atoms with Crippen LogP contribution in [0.2, 0.25) is 0 Å². The van der Waals surface area contributed by atoms with Gasteiger partial charge >= 0.3 is 0 Å². The van der Waals surface area contributed by atoms with Crippen LogP contribution in [-0.2, 0) is 21.1 Å². The maximum Gasteiger partial charge on any atom is 0.132 e. The van der Waals surface area contributed by atoms with E-state index in [1.54, 1.807) is 12.4 Å². The van der Waals surface area contributed by atoms with Crippen molar-refractivity contribution in [3.63, 3.8) is 0 Å². The molecule has 4 rings (SSSR count). The fourth-order valence-electron chi connectivity index (χ4n) is 2.43. The first-order chi connectivity index (χ1) is 12.9. The number of nitrogens with one attached hydrogen (secondary N) is 2. The summed E-state index contributed by atoms with van der Waals surface area (Å²) in [5, 5.41) is 6.39. The van der Waals surface area contributed by atoms with E-state index in [2.05, 4.69) is 30.6 Å². The van der Waals surface area contributed by atoms with Crippen LogP contribution in [0.25, 0.3) is 11.4 Å². The van der Waals surface area contributed by atoms with Crippen molar-refractivity contribution in [3.05, 3.63) is 85.2 Å². The Labute approximate surface area is 171 Å². The summed E-state index contributed by atoms with van der Waals surface area (Å²) in [6.45, 7) is 0. The topological polar surface area (TPSA) is 75.6 Å². The van der Waals surface area contributed by atoms with Gasteiger partial charge in [-0.1, -0.05) is 24.3 Å². The van der Waals surface area contributed by atoms with Crippen LogP contribution < -0.4 is 10.6 Å². The molecule has 0 aliphatic carbocycles. The van der Waals surface area contributed by atoms with Gasteiger partial charge in [0.1, 0.15) is 23.3 Å². The van der Waals surface area contributed by atoms with Crippen molar-refractivity contribution in [1.82, 2.24) is 19.9 Å². The number of aromatic nitrogens is 4. The minimum Gasteiger partial charge on any atom is -0.325 e. The Bertz CT molecular complexity index is 912. The Kier molecular flexibility index (Phi) is 6.23. The fourth-order valence-corrected chi connectivity index (χ4v) is 2.43. The van der Waals surface area contributed by atoms with E-state index in [0.29, 0.717) is 11.6 Å². The Morgan fingerprint density at radius 1 is 0.481 bits per heavy atom. The predicted octanol–water partition coefficient (Wildman–Crippen LogP) is 4.42. The zero-order valence-electron chi connectivity index (χ0n) is 14.2. The molecule has 7 heteroatoms. The summed E-state index contributed by atoms with van der Waals surface area (Å²) in [4.78, 5) is 17.8. The minimum atomic E-state index is 0. The standard InChI is InChI=1S/C20H16N6.Pt/c1-3-13-21-17(9-1)25-19-11-5-7-15(23-19)16-8-6-12-20(24-16)26-18-10-2-4-14-22-18;/h1-14H,(H,21,23,25)(H,22,24,26);. The van der Waals surface area contributed by atoms with Gasteiger partial charge in [0.05, 0.1) is 11.4 Å². The van der Waals surface area contributed by atoms with Gasteiger partial charge in [-0.25, -0.2) is 19.9 Å². The van der Waals surface area contributed by atoms with E-state index in [0.717, 1.165) is 23.0 Å². The molecule has 0 aromatic carbocycles. The smallest absolute Gasteiger partial charge is 0.132 e. The quantitative estimate of drug-likeness (QED) is 0.394. The van der Waals surface area contributed by atoms with Crippen LogP contribution in [0.3, 0.4) is 0 Å². The summed E-state index contributed by atoms with van der Waals surface area (Å²) in [6.07, 6.45) is 3.47. The van der Waals surface area contributed by atoms with Gasteiger partial charge in [-0.05, 0) is 48.5 Å². The summed E-state index contributed by atoms with van der Waals surface area (Å²) in [5.74, 6) is 2.92. The molecule has 4 aromatic heterocycles. The Hall–Kier alpha value is -3.11. The number of pyridine rings is 4. The monoisotopic (exact) mass is 535 g/mol. The molecule has 0 unspecified atom stereocenters. The maximum absolute atomic E-state index is 4.63. The molecule has 0 aliphatic rings. The Balaban J connectivity index is 0.00000210. The summed E-state index contributed by atoms with van der Waals surface area (Å²) in [6, 6.07) is 22.9. The molecule has 136 valence electrons. The zero-order valence-corrected chi connectivity index (χ0v) is 16.5. The number of rotatable bonds is 5. The molecule has 0 radical (unpaired) electrons. The Morgan fingerprint density at radius 3 is 1.33 bits per heavy atom. The minimum absolute atomic E-state index is 0. The normalized spacial score (nSPS) is 9.93. The molecule has 2 N–H and O–H groups in total. The molecule has 0 saturated carbocycles. The van der Waals surface area contributed by atoms with Gasteiger partial charge in [-0.2, -0.15) is 0 Å². The van der Waals surface area contributed by atoms with Crippen molar-refractivity contribution < 1.29 is 21.1 Å². The van der Waals surface area contributed by atoms with Crippen LogP contribution in [0.15, 0.2) is 85.2 Å². The average Bonchev–Trinajstić information content (AvgIpc) is 2.70. The SMILES string of the molecule is [Pt].c1ccc(Nc2cccc(-c3cccc(Nc4ccccn4)n3)n2)nc1. The van der Waals surface area contributed by atoms with Crippen LogP contribution in [0.5, 0.6) is 0 Å². The van der Waals surface area contributed by atoms with E-state index in [4.69, 9.17) is 0 Å². The van der Waals surface area contributed by atoms with Gasteiger partial charge in [0.2, 0.25) is 0 Å². The molecular weight excluding hydrogens is 519 g/mol. The summed E-state index contributed by atoms with van der Waals surface area (Å²) in [7, 11) is 0.